The summed E-state index contributed by atoms with van der Waals surface area (Å²) >= 11 is 0. The lowest BCUT2D eigenvalue weighted by atomic mass is 9.83. The molecular weight excluding hydrogens is 264 g/mol. The summed E-state index contributed by atoms with van der Waals surface area (Å²) in [6.45, 7) is 1.74. The molecule has 0 aliphatic carbocycles. The van der Waals surface area contributed by atoms with Gasteiger partial charge in [0.05, 0.1) is 12.0 Å². The van der Waals surface area contributed by atoms with E-state index in [0.717, 1.165) is 31.5 Å². The number of carbonyl (C=O) groups excluding carboxylic acids is 2. The molecule has 2 saturated heterocycles. The van der Waals surface area contributed by atoms with Gasteiger partial charge in [0.2, 0.25) is 11.8 Å². The molecule has 3 rings (SSSR count). The number of rotatable bonds is 2. The largest absolute Gasteiger partial charge is 0.342 e. The van der Waals surface area contributed by atoms with Gasteiger partial charge < -0.3 is 9.80 Å². The van der Waals surface area contributed by atoms with Crippen LogP contribution in [0, 0.1) is 5.92 Å². The summed E-state index contributed by atoms with van der Waals surface area (Å²) in [4.78, 5) is 28.6. The standard InChI is InChI=1S/C17H22N2O2/c1-18-15(20)10-9-14(17(21)19-11-5-6-12-19)16(18)13-7-3-2-4-8-13/h2-4,7-8,14,16H,5-6,9-12H2,1H3/t14-,16+/m0/s1. The Labute approximate surface area is 125 Å². The predicted molar refractivity (Wildman–Crippen MR) is 80.5 cm³/mol. The fraction of sp³-hybridized carbons (Fsp3) is 0.529. The zero-order valence-corrected chi connectivity index (χ0v) is 12.5. The van der Waals surface area contributed by atoms with Crippen LogP contribution in [0.1, 0.15) is 37.3 Å². The molecule has 0 aromatic heterocycles. The second-order valence-corrected chi connectivity index (χ2v) is 6.04. The molecule has 0 saturated carbocycles. The molecule has 21 heavy (non-hydrogen) atoms. The van der Waals surface area contributed by atoms with Crippen LogP contribution in [0.2, 0.25) is 0 Å². The van der Waals surface area contributed by atoms with E-state index in [4.69, 9.17) is 0 Å². The highest BCUT2D eigenvalue weighted by atomic mass is 16.2. The number of likely N-dealkylation sites (tertiary alicyclic amines) is 2. The van der Waals surface area contributed by atoms with Crippen molar-refractivity contribution < 1.29 is 9.59 Å². The molecule has 1 aromatic carbocycles. The Bertz CT molecular complexity index is 523. The van der Waals surface area contributed by atoms with Crippen molar-refractivity contribution in [1.29, 1.82) is 0 Å². The number of hydrogen-bond acceptors (Lipinski definition) is 2. The molecule has 1 aromatic rings. The van der Waals surface area contributed by atoms with Crippen molar-refractivity contribution >= 4 is 11.8 Å². The first-order chi connectivity index (χ1) is 10.2. The Balaban J connectivity index is 1.89. The maximum Gasteiger partial charge on any atom is 0.228 e. The fourth-order valence-corrected chi connectivity index (χ4v) is 3.57. The van der Waals surface area contributed by atoms with Gasteiger partial charge in [0.25, 0.3) is 0 Å². The second kappa shape index (κ2) is 5.88. The highest BCUT2D eigenvalue weighted by Crippen LogP contribution is 2.37. The lowest BCUT2D eigenvalue weighted by Crippen LogP contribution is -2.47. The third-order valence-electron chi connectivity index (χ3n) is 4.74. The van der Waals surface area contributed by atoms with Crippen molar-refractivity contribution in [2.45, 2.75) is 31.7 Å². The van der Waals surface area contributed by atoms with Gasteiger partial charge in [0.15, 0.2) is 0 Å². The van der Waals surface area contributed by atoms with Gasteiger partial charge >= 0.3 is 0 Å². The van der Waals surface area contributed by atoms with Gasteiger partial charge in [-0.3, -0.25) is 9.59 Å². The topological polar surface area (TPSA) is 40.6 Å². The van der Waals surface area contributed by atoms with Crippen LogP contribution in [-0.2, 0) is 9.59 Å². The van der Waals surface area contributed by atoms with Gasteiger partial charge in [-0.2, -0.15) is 0 Å². The van der Waals surface area contributed by atoms with E-state index in [1.807, 2.05) is 42.3 Å². The zero-order chi connectivity index (χ0) is 14.8. The first-order valence-electron chi connectivity index (χ1n) is 7.78. The van der Waals surface area contributed by atoms with Gasteiger partial charge in [0, 0.05) is 26.6 Å². The molecule has 2 atom stereocenters. The van der Waals surface area contributed by atoms with Crippen LogP contribution in [0.15, 0.2) is 30.3 Å². The molecule has 0 bridgehead atoms. The predicted octanol–water partition coefficient (Wildman–Crippen LogP) is 2.22. The SMILES string of the molecule is CN1C(=O)CC[C@H](C(=O)N2CCCC2)[C@H]1c1ccccc1. The number of amides is 2. The highest BCUT2D eigenvalue weighted by molar-refractivity contribution is 5.85. The maximum atomic E-state index is 12.8. The van der Waals surface area contributed by atoms with Crippen LogP contribution in [0.3, 0.4) is 0 Å². The molecule has 0 spiro atoms. The van der Waals surface area contributed by atoms with Gasteiger partial charge in [-0.25, -0.2) is 0 Å². The zero-order valence-electron chi connectivity index (χ0n) is 12.5. The molecule has 2 amide bonds. The number of nitrogens with zero attached hydrogens (tertiary/aromatic N) is 2. The van der Waals surface area contributed by atoms with Crippen LogP contribution in [-0.4, -0.2) is 41.8 Å². The summed E-state index contributed by atoms with van der Waals surface area (Å²) in [6.07, 6.45) is 3.34. The minimum absolute atomic E-state index is 0.104. The summed E-state index contributed by atoms with van der Waals surface area (Å²) in [6, 6.07) is 9.82. The monoisotopic (exact) mass is 286 g/mol. The first-order valence-corrected chi connectivity index (χ1v) is 7.78. The third kappa shape index (κ3) is 2.67. The van der Waals surface area contributed by atoms with E-state index in [0.29, 0.717) is 12.8 Å². The van der Waals surface area contributed by atoms with Gasteiger partial charge in [-0.1, -0.05) is 30.3 Å². The van der Waals surface area contributed by atoms with Crippen LogP contribution >= 0.6 is 0 Å². The van der Waals surface area contributed by atoms with Gasteiger partial charge in [-0.05, 0) is 24.8 Å². The molecule has 112 valence electrons. The van der Waals surface area contributed by atoms with Crippen LogP contribution in [0.25, 0.3) is 0 Å². The van der Waals surface area contributed by atoms with Gasteiger partial charge in [0.1, 0.15) is 0 Å². The molecule has 2 fully saturated rings. The van der Waals surface area contributed by atoms with E-state index in [2.05, 4.69) is 0 Å². The lowest BCUT2D eigenvalue weighted by Gasteiger charge is -2.40. The van der Waals surface area contributed by atoms with E-state index in [1.54, 1.807) is 4.90 Å². The second-order valence-electron chi connectivity index (χ2n) is 6.04. The molecule has 4 heteroatoms. The fourth-order valence-electron chi connectivity index (χ4n) is 3.57. The molecule has 2 heterocycles. The van der Waals surface area contributed by atoms with E-state index in [-0.39, 0.29) is 23.8 Å². The molecule has 2 aliphatic heterocycles. The smallest absolute Gasteiger partial charge is 0.228 e. The molecule has 0 unspecified atom stereocenters. The number of hydrogen-bond donors (Lipinski definition) is 0. The molecule has 0 N–H and O–H groups in total. The lowest BCUT2D eigenvalue weighted by molar-refractivity contribution is -0.146. The van der Waals surface area contributed by atoms with Crippen LogP contribution < -0.4 is 0 Å². The highest BCUT2D eigenvalue weighted by Gasteiger charge is 2.40. The van der Waals surface area contributed by atoms with Crippen LogP contribution in [0.5, 0.6) is 0 Å². The van der Waals surface area contributed by atoms with Crippen molar-refractivity contribution in [3.05, 3.63) is 35.9 Å². The first kappa shape index (κ1) is 14.1. The Morgan fingerprint density at radius 1 is 1.14 bits per heavy atom. The average molecular weight is 286 g/mol. The Hall–Kier alpha value is -1.84. The van der Waals surface area contributed by atoms with Crippen molar-refractivity contribution in [2.24, 2.45) is 5.92 Å². The Morgan fingerprint density at radius 3 is 2.48 bits per heavy atom. The normalized spacial score (nSPS) is 26.2. The third-order valence-corrected chi connectivity index (χ3v) is 4.74. The van der Waals surface area contributed by atoms with E-state index in [9.17, 15) is 9.59 Å². The minimum atomic E-state index is -0.124. The van der Waals surface area contributed by atoms with E-state index < -0.39 is 0 Å². The average Bonchev–Trinajstić information content (AvgIpc) is 3.04. The number of benzene rings is 1. The van der Waals surface area contributed by atoms with Gasteiger partial charge in [-0.15, -0.1) is 0 Å². The van der Waals surface area contributed by atoms with Crippen molar-refractivity contribution in [3.8, 4) is 0 Å². The summed E-state index contributed by atoms with van der Waals surface area (Å²) < 4.78 is 0. The Kier molecular flexibility index (Phi) is 3.95. The summed E-state index contributed by atoms with van der Waals surface area (Å²) in [5.41, 5.74) is 1.06. The quantitative estimate of drug-likeness (QED) is 0.836. The van der Waals surface area contributed by atoms with E-state index >= 15 is 0 Å². The maximum absolute atomic E-state index is 12.8. The molecule has 4 nitrogen and oxygen atoms in total. The number of carbonyl (C=O) groups is 2. The van der Waals surface area contributed by atoms with E-state index in [1.165, 1.54) is 0 Å². The van der Waals surface area contributed by atoms with Crippen molar-refractivity contribution in [1.82, 2.24) is 9.80 Å². The Morgan fingerprint density at radius 2 is 1.81 bits per heavy atom. The number of piperidine rings is 1. The summed E-state index contributed by atoms with van der Waals surface area (Å²) in [5, 5.41) is 0. The molecule has 2 aliphatic rings. The van der Waals surface area contributed by atoms with Crippen molar-refractivity contribution in [3.63, 3.8) is 0 Å². The summed E-state index contributed by atoms with van der Waals surface area (Å²) in [5.74, 6) is 0.253. The van der Waals surface area contributed by atoms with Crippen LogP contribution in [0.4, 0.5) is 0 Å². The summed E-state index contributed by atoms with van der Waals surface area (Å²) in [7, 11) is 1.82. The van der Waals surface area contributed by atoms with Crippen molar-refractivity contribution in [2.75, 3.05) is 20.1 Å². The molecular formula is C17H22N2O2. The minimum Gasteiger partial charge on any atom is -0.342 e. The molecule has 0 radical (unpaired) electrons.